The van der Waals surface area contributed by atoms with Crippen LogP contribution in [0.1, 0.15) is 36.9 Å². The molecular formula is C17H24N2OS. The highest BCUT2D eigenvalue weighted by Crippen LogP contribution is 2.16. The molecule has 0 bridgehead atoms. The van der Waals surface area contributed by atoms with Gasteiger partial charge in [-0.25, -0.2) is 4.98 Å². The third kappa shape index (κ3) is 5.48. The Morgan fingerprint density at radius 1 is 1.29 bits per heavy atom. The predicted molar refractivity (Wildman–Crippen MR) is 89.1 cm³/mol. The van der Waals surface area contributed by atoms with Crippen molar-refractivity contribution in [3.8, 4) is 5.75 Å². The molecule has 3 nitrogen and oxygen atoms in total. The molecule has 114 valence electrons. The van der Waals surface area contributed by atoms with Crippen LogP contribution in [-0.4, -0.2) is 17.1 Å². The standard InChI is InChI=1S/C17H24N2OS/c1-13-16(21-12-18-13)8-9-20-15-7-5-6-14(10-15)11-19-17(2,3)4/h5-7,10,12,19H,8-9,11H2,1-4H3. The lowest BCUT2D eigenvalue weighted by Gasteiger charge is -2.20. The number of aryl methyl sites for hydroxylation is 1. The van der Waals surface area contributed by atoms with Gasteiger partial charge in [0.25, 0.3) is 0 Å². The number of nitrogens with zero attached hydrogens (tertiary/aromatic N) is 1. The topological polar surface area (TPSA) is 34.1 Å². The molecule has 21 heavy (non-hydrogen) atoms. The number of nitrogens with one attached hydrogen (secondary N) is 1. The molecule has 0 atom stereocenters. The van der Waals surface area contributed by atoms with Crippen LogP contribution in [0.5, 0.6) is 5.75 Å². The highest BCUT2D eigenvalue weighted by molar-refractivity contribution is 7.09. The Hall–Kier alpha value is -1.39. The average Bonchev–Trinajstić information content (AvgIpc) is 2.82. The number of ether oxygens (including phenoxy) is 1. The molecule has 2 aromatic rings. The molecule has 1 heterocycles. The third-order valence-corrected chi connectivity index (χ3v) is 4.16. The molecule has 0 unspecified atom stereocenters. The van der Waals surface area contributed by atoms with Crippen LogP contribution in [-0.2, 0) is 13.0 Å². The molecule has 0 aliphatic carbocycles. The van der Waals surface area contributed by atoms with E-state index in [2.05, 4.69) is 43.2 Å². The first-order valence-corrected chi connectivity index (χ1v) is 8.18. The summed E-state index contributed by atoms with van der Waals surface area (Å²) in [7, 11) is 0. The zero-order valence-corrected chi connectivity index (χ0v) is 14.1. The molecule has 1 aromatic heterocycles. The maximum atomic E-state index is 5.86. The largest absolute Gasteiger partial charge is 0.493 e. The normalized spacial score (nSPS) is 11.6. The molecule has 2 rings (SSSR count). The number of rotatable bonds is 6. The summed E-state index contributed by atoms with van der Waals surface area (Å²) in [5.74, 6) is 0.936. The van der Waals surface area contributed by atoms with Gasteiger partial charge in [-0.05, 0) is 45.4 Å². The van der Waals surface area contributed by atoms with E-state index >= 15 is 0 Å². The van der Waals surface area contributed by atoms with Crippen molar-refractivity contribution in [2.24, 2.45) is 0 Å². The van der Waals surface area contributed by atoms with E-state index in [0.717, 1.165) is 24.4 Å². The third-order valence-electron chi connectivity index (χ3n) is 3.16. The van der Waals surface area contributed by atoms with Crippen LogP contribution in [0.4, 0.5) is 0 Å². The second-order valence-electron chi connectivity index (χ2n) is 6.21. The van der Waals surface area contributed by atoms with Gasteiger partial charge in [-0.1, -0.05) is 12.1 Å². The van der Waals surface area contributed by atoms with Crippen LogP contribution in [0, 0.1) is 6.92 Å². The Morgan fingerprint density at radius 2 is 2.10 bits per heavy atom. The van der Waals surface area contributed by atoms with Gasteiger partial charge in [0.1, 0.15) is 5.75 Å². The van der Waals surface area contributed by atoms with Gasteiger partial charge in [0.05, 0.1) is 17.8 Å². The highest BCUT2D eigenvalue weighted by Gasteiger charge is 2.08. The average molecular weight is 304 g/mol. The zero-order chi connectivity index (χ0) is 15.3. The van der Waals surface area contributed by atoms with Crippen molar-refractivity contribution >= 4 is 11.3 Å². The molecule has 1 aromatic carbocycles. The fourth-order valence-electron chi connectivity index (χ4n) is 1.94. The number of thiazole rings is 1. The van der Waals surface area contributed by atoms with E-state index in [0.29, 0.717) is 6.61 Å². The van der Waals surface area contributed by atoms with Crippen molar-refractivity contribution < 1.29 is 4.74 Å². The van der Waals surface area contributed by atoms with E-state index in [4.69, 9.17) is 4.74 Å². The number of hydrogen-bond acceptors (Lipinski definition) is 4. The van der Waals surface area contributed by atoms with E-state index in [1.807, 2.05) is 24.6 Å². The first-order chi connectivity index (χ1) is 9.94. The Balaban J connectivity index is 1.85. The quantitative estimate of drug-likeness (QED) is 0.877. The maximum absolute atomic E-state index is 5.86. The summed E-state index contributed by atoms with van der Waals surface area (Å²) in [5.41, 5.74) is 4.38. The Morgan fingerprint density at radius 3 is 2.76 bits per heavy atom. The Kier molecular flexibility index (Phi) is 5.37. The van der Waals surface area contributed by atoms with Crippen molar-refractivity contribution in [1.82, 2.24) is 10.3 Å². The monoisotopic (exact) mass is 304 g/mol. The van der Waals surface area contributed by atoms with Gasteiger partial charge in [0.15, 0.2) is 0 Å². The van der Waals surface area contributed by atoms with Crippen LogP contribution >= 0.6 is 11.3 Å². The van der Waals surface area contributed by atoms with E-state index < -0.39 is 0 Å². The van der Waals surface area contributed by atoms with Gasteiger partial charge in [-0.3, -0.25) is 0 Å². The second-order valence-corrected chi connectivity index (χ2v) is 7.15. The van der Waals surface area contributed by atoms with E-state index in [1.54, 1.807) is 11.3 Å². The van der Waals surface area contributed by atoms with Crippen molar-refractivity contribution in [3.05, 3.63) is 45.9 Å². The van der Waals surface area contributed by atoms with E-state index in [-0.39, 0.29) is 5.54 Å². The molecule has 1 N–H and O–H groups in total. The molecule has 0 radical (unpaired) electrons. The molecule has 0 aliphatic rings. The van der Waals surface area contributed by atoms with Crippen molar-refractivity contribution in [2.75, 3.05) is 6.61 Å². The first kappa shape index (κ1) is 16.0. The summed E-state index contributed by atoms with van der Waals surface area (Å²) in [6, 6.07) is 8.30. The Labute approximate surface area is 131 Å². The van der Waals surface area contributed by atoms with Crippen molar-refractivity contribution in [3.63, 3.8) is 0 Å². The van der Waals surface area contributed by atoms with Gasteiger partial charge < -0.3 is 10.1 Å². The van der Waals surface area contributed by atoms with Gasteiger partial charge in [0, 0.05) is 23.4 Å². The molecule has 4 heteroatoms. The van der Waals surface area contributed by atoms with Crippen LogP contribution in [0.3, 0.4) is 0 Å². The minimum Gasteiger partial charge on any atom is -0.493 e. The molecule has 0 aliphatic heterocycles. The van der Waals surface area contributed by atoms with E-state index in [9.17, 15) is 0 Å². The minimum absolute atomic E-state index is 0.126. The first-order valence-electron chi connectivity index (χ1n) is 7.30. The fourth-order valence-corrected chi connectivity index (χ4v) is 2.70. The highest BCUT2D eigenvalue weighted by atomic mass is 32.1. The lowest BCUT2D eigenvalue weighted by molar-refractivity contribution is 0.322. The zero-order valence-electron chi connectivity index (χ0n) is 13.3. The second kappa shape index (κ2) is 7.05. The molecule has 0 saturated heterocycles. The predicted octanol–water partition coefficient (Wildman–Crippen LogP) is 3.96. The summed E-state index contributed by atoms with van der Waals surface area (Å²) in [4.78, 5) is 5.56. The van der Waals surface area contributed by atoms with Crippen LogP contribution in [0.2, 0.25) is 0 Å². The Bertz CT molecular complexity index is 572. The maximum Gasteiger partial charge on any atom is 0.119 e. The summed E-state index contributed by atoms with van der Waals surface area (Å²) in [5, 5.41) is 3.49. The summed E-state index contributed by atoms with van der Waals surface area (Å²) in [6.45, 7) is 10.1. The van der Waals surface area contributed by atoms with Crippen molar-refractivity contribution in [2.45, 2.75) is 46.2 Å². The smallest absolute Gasteiger partial charge is 0.119 e. The van der Waals surface area contributed by atoms with Gasteiger partial charge in [0.2, 0.25) is 0 Å². The van der Waals surface area contributed by atoms with Crippen LogP contribution in [0.25, 0.3) is 0 Å². The summed E-state index contributed by atoms with van der Waals surface area (Å²) >= 11 is 1.70. The molecule has 0 fully saturated rings. The molecule has 0 spiro atoms. The van der Waals surface area contributed by atoms with Crippen molar-refractivity contribution in [1.29, 1.82) is 0 Å². The lowest BCUT2D eigenvalue weighted by atomic mass is 10.1. The molecule has 0 amide bonds. The van der Waals surface area contributed by atoms with E-state index in [1.165, 1.54) is 10.4 Å². The summed E-state index contributed by atoms with van der Waals surface area (Å²) in [6.07, 6.45) is 0.918. The lowest BCUT2D eigenvalue weighted by Crippen LogP contribution is -2.35. The van der Waals surface area contributed by atoms with Gasteiger partial charge in [-0.2, -0.15) is 0 Å². The molecular weight excluding hydrogens is 280 g/mol. The van der Waals surface area contributed by atoms with Crippen LogP contribution in [0.15, 0.2) is 29.8 Å². The number of benzene rings is 1. The minimum atomic E-state index is 0.126. The van der Waals surface area contributed by atoms with Crippen LogP contribution < -0.4 is 10.1 Å². The SMILES string of the molecule is Cc1ncsc1CCOc1cccc(CNC(C)(C)C)c1. The molecule has 0 saturated carbocycles. The fraction of sp³-hybridized carbons (Fsp3) is 0.471. The van der Waals surface area contributed by atoms with Gasteiger partial charge >= 0.3 is 0 Å². The summed E-state index contributed by atoms with van der Waals surface area (Å²) < 4.78 is 5.86. The van der Waals surface area contributed by atoms with Gasteiger partial charge in [-0.15, -0.1) is 11.3 Å². The number of hydrogen-bond donors (Lipinski definition) is 1. The number of aromatic nitrogens is 1.